The van der Waals surface area contributed by atoms with E-state index in [1.165, 1.54) is 12.8 Å². The molecule has 0 rings (SSSR count). The van der Waals surface area contributed by atoms with Crippen molar-refractivity contribution in [2.24, 2.45) is 5.41 Å². The molecule has 0 radical (unpaired) electrons. The Morgan fingerprint density at radius 2 is 1.80 bits per heavy atom. The SMILES string of the molecule is CCCC(CNC)N(C)C(C)C(C)(C)C. The minimum absolute atomic E-state index is 0.356. The van der Waals surface area contributed by atoms with Crippen molar-refractivity contribution in [1.82, 2.24) is 10.2 Å². The fourth-order valence-electron chi connectivity index (χ4n) is 1.95. The average Bonchev–Trinajstić information content (AvgIpc) is 2.14. The minimum Gasteiger partial charge on any atom is -0.318 e. The Bertz CT molecular complexity index is 154. The molecule has 2 unspecified atom stereocenters. The molecule has 0 fully saturated rings. The Morgan fingerprint density at radius 1 is 1.27 bits per heavy atom. The van der Waals surface area contributed by atoms with Gasteiger partial charge in [-0.3, -0.25) is 4.90 Å². The summed E-state index contributed by atoms with van der Waals surface area (Å²) in [4.78, 5) is 2.53. The van der Waals surface area contributed by atoms with E-state index >= 15 is 0 Å². The molecule has 1 N–H and O–H groups in total. The van der Waals surface area contributed by atoms with Gasteiger partial charge in [-0.25, -0.2) is 0 Å². The summed E-state index contributed by atoms with van der Waals surface area (Å²) in [6.45, 7) is 12.6. The number of nitrogens with zero attached hydrogens (tertiary/aromatic N) is 1. The van der Waals surface area contributed by atoms with Gasteiger partial charge in [0.2, 0.25) is 0 Å². The van der Waals surface area contributed by atoms with Crippen LogP contribution in [0, 0.1) is 5.41 Å². The zero-order chi connectivity index (χ0) is 12.1. The summed E-state index contributed by atoms with van der Waals surface area (Å²) in [6.07, 6.45) is 2.53. The van der Waals surface area contributed by atoms with Crippen LogP contribution < -0.4 is 5.32 Å². The second-order valence-electron chi connectivity index (χ2n) is 5.71. The van der Waals surface area contributed by atoms with Gasteiger partial charge < -0.3 is 5.32 Å². The molecule has 0 aliphatic heterocycles. The van der Waals surface area contributed by atoms with Gasteiger partial charge in [0.05, 0.1) is 0 Å². The molecule has 0 aliphatic carbocycles. The fraction of sp³-hybridized carbons (Fsp3) is 1.00. The number of nitrogens with one attached hydrogen (secondary N) is 1. The normalized spacial score (nSPS) is 16.8. The Balaban J connectivity index is 4.40. The van der Waals surface area contributed by atoms with Crippen LogP contribution in [0.2, 0.25) is 0 Å². The van der Waals surface area contributed by atoms with Crippen molar-refractivity contribution in [2.75, 3.05) is 20.6 Å². The molecular formula is C13H30N2. The van der Waals surface area contributed by atoms with Gasteiger partial charge in [-0.15, -0.1) is 0 Å². The molecule has 2 atom stereocenters. The van der Waals surface area contributed by atoms with Crippen molar-refractivity contribution >= 4 is 0 Å². The average molecular weight is 214 g/mol. The highest BCUT2D eigenvalue weighted by Gasteiger charge is 2.27. The maximum atomic E-state index is 3.30. The lowest BCUT2D eigenvalue weighted by molar-refractivity contribution is 0.0924. The summed E-state index contributed by atoms with van der Waals surface area (Å²) < 4.78 is 0. The first kappa shape index (κ1) is 14.9. The van der Waals surface area contributed by atoms with Crippen molar-refractivity contribution in [1.29, 1.82) is 0 Å². The van der Waals surface area contributed by atoms with E-state index in [1.807, 2.05) is 7.05 Å². The monoisotopic (exact) mass is 214 g/mol. The van der Waals surface area contributed by atoms with E-state index in [4.69, 9.17) is 0 Å². The molecule has 0 bridgehead atoms. The van der Waals surface area contributed by atoms with Gasteiger partial charge in [-0.1, -0.05) is 34.1 Å². The molecule has 15 heavy (non-hydrogen) atoms. The van der Waals surface area contributed by atoms with E-state index in [2.05, 4.69) is 51.9 Å². The van der Waals surface area contributed by atoms with E-state index in [0.717, 1.165) is 6.54 Å². The molecule has 0 spiro atoms. The maximum Gasteiger partial charge on any atom is 0.0220 e. The molecule has 0 amide bonds. The smallest absolute Gasteiger partial charge is 0.0220 e. The summed E-state index contributed by atoms with van der Waals surface area (Å²) in [6, 6.07) is 1.27. The van der Waals surface area contributed by atoms with E-state index in [9.17, 15) is 0 Å². The summed E-state index contributed by atoms with van der Waals surface area (Å²) >= 11 is 0. The Labute approximate surface area is 96.4 Å². The second kappa shape index (κ2) is 6.49. The molecule has 0 aromatic carbocycles. The summed E-state index contributed by atoms with van der Waals surface area (Å²) in [5, 5.41) is 3.30. The van der Waals surface area contributed by atoms with Crippen LogP contribution in [-0.2, 0) is 0 Å². The molecule has 0 saturated heterocycles. The zero-order valence-electron chi connectivity index (χ0n) is 11.7. The maximum absolute atomic E-state index is 3.30. The molecule has 0 heterocycles. The van der Waals surface area contributed by atoms with Crippen molar-refractivity contribution in [3.05, 3.63) is 0 Å². The fourth-order valence-corrected chi connectivity index (χ4v) is 1.95. The van der Waals surface area contributed by atoms with Crippen LogP contribution in [0.4, 0.5) is 0 Å². The molecule has 0 aromatic heterocycles. The molecule has 2 nitrogen and oxygen atoms in total. The van der Waals surface area contributed by atoms with Crippen LogP contribution in [0.1, 0.15) is 47.5 Å². The third kappa shape index (κ3) is 4.98. The van der Waals surface area contributed by atoms with Gasteiger partial charge >= 0.3 is 0 Å². The van der Waals surface area contributed by atoms with Crippen molar-refractivity contribution in [3.63, 3.8) is 0 Å². The lowest BCUT2D eigenvalue weighted by Crippen LogP contribution is -2.48. The first-order valence-electron chi connectivity index (χ1n) is 6.21. The Kier molecular flexibility index (Phi) is 6.46. The van der Waals surface area contributed by atoms with Crippen LogP contribution in [-0.4, -0.2) is 37.6 Å². The van der Waals surface area contributed by atoms with Gasteiger partial charge in [-0.2, -0.15) is 0 Å². The first-order valence-corrected chi connectivity index (χ1v) is 6.21. The number of likely N-dealkylation sites (N-methyl/N-ethyl adjacent to an activating group) is 2. The summed E-state index contributed by atoms with van der Waals surface area (Å²) in [7, 11) is 4.30. The predicted molar refractivity (Wildman–Crippen MR) is 69.3 cm³/mol. The van der Waals surface area contributed by atoms with Crippen LogP contribution in [0.15, 0.2) is 0 Å². The molecule has 92 valence electrons. The highest BCUT2D eigenvalue weighted by atomic mass is 15.2. The van der Waals surface area contributed by atoms with Gasteiger partial charge in [-0.05, 0) is 32.9 Å². The number of rotatable bonds is 6. The Morgan fingerprint density at radius 3 is 2.13 bits per heavy atom. The van der Waals surface area contributed by atoms with E-state index < -0.39 is 0 Å². The lowest BCUT2D eigenvalue weighted by Gasteiger charge is -2.40. The van der Waals surface area contributed by atoms with Gasteiger partial charge in [0, 0.05) is 18.6 Å². The van der Waals surface area contributed by atoms with Crippen LogP contribution in [0.3, 0.4) is 0 Å². The van der Waals surface area contributed by atoms with E-state index in [-0.39, 0.29) is 0 Å². The second-order valence-corrected chi connectivity index (χ2v) is 5.71. The first-order chi connectivity index (χ1) is 6.84. The minimum atomic E-state index is 0.356. The van der Waals surface area contributed by atoms with Crippen LogP contribution in [0.25, 0.3) is 0 Å². The third-order valence-electron chi connectivity index (χ3n) is 3.50. The standard InChI is InChI=1S/C13H30N2/c1-8-9-12(10-14-6)15(7)11(2)13(3,4)5/h11-12,14H,8-10H2,1-7H3. The van der Waals surface area contributed by atoms with E-state index in [0.29, 0.717) is 17.5 Å². The summed E-state index contributed by atoms with van der Waals surface area (Å²) in [5.74, 6) is 0. The van der Waals surface area contributed by atoms with Crippen LogP contribution >= 0.6 is 0 Å². The number of hydrogen-bond donors (Lipinski definition) is 1. The molecule has 0 saturated carbocycles. The largest absolute Gasteiger partial charge is 0.318 e. The Hall–Kier alpha value is -0.0800. The van der Waals surface area contributed by atoms with Crippen molar-refractivity contribution in [2.45, 2.75) is 59.5 Å². The van der Waals surface area contributed by atoms with Crippen LogP contribution in [0.5, 0.6) is 0 Å². The number of hydrogen-bond acceptors (Lipinski definition) is 2. The van der Waals surface area contributed by atoms with Gasteiger partial charge in [0.25, 0.3) is 0 Å². The highest BCUT2D eigenvalue weighted by Crippen LogP contribution is 2.25. The molecular weight excluding hydrogens is 184 g/mol. The van der Waals surface area contributed by atoms with Crippen molar-refractivity contribution < 1.29 is 0 Å². The lowest BCUT2D eigenvalue weighted by atomic mass is 9.86. The molecule has 0 aliphatic rings. The van der Waals surface area contributed by atoms with Crippen molar-refractivity contribution in [3.8, 4) is 0 Å². The van der Waals surface area contributed by atoms with E-state index in [1.54, 1.807) is 0 Å². The molecule has 2 heteroatoms. The van der Waals surface area contributed by atoms with Gasteiger partial charge in [0.15, 0.2) is 0 Å². The van der Waals surface area contributed by atoms with Gasteiger partial charge in [0.1, 0.15) is 0 Å². The molecule has 0 aromatic rings. The third-order valence-corrected chi connectivity index (χ3v) is 3.50. The zero-order valence-corrected chi connectivity index (χ0v) is 11.7. The topological polar surface area (TPSA) is 15.3 Å². The quantitative estimate of drug-likeness (QED) is 0.731. The highest BCUT2D eigenvalue weighted by molar-refractivity contribution is 4.82. The predicted octanol–water partition coefficient (Wildman–Crippen LogP) is 2.74. The summed E-state index contributed by atoms with van der Waals surface area (Å²) in [5.41, 5.74) is 0.356.